The van der Waals surface area contributed by atoms with Gasteiger partial charge in [0.25, 0.3) is 0 Å². The monoisotopic (exact) mass is 393 g/mol. The smallest absolute Gasteiger partial charge is 0.229 e. The number of aromatic nitrogens is 2. The van der Waals surface area contributed by atoms with Crippen LogP contribution in [-0.4, -0.2) is 41.0 Å². The molecule has 1 N–H and O–H groups in total. The van der Waals surface area contributed by atoms with Crippen molar-refractivity contribution in [3.8, 4) is 0 Å². The van der Waals surface area contributed by atoms with E-state index in [1.165, 1.54) is 5.56 Å². The summed E-state index contributed by atoms with van der Waals surface area (Å²) < 4.78 is 0. The zero-order valence-electron chi connectivity index (χ0n) is 16.0. The van der Waals surface area contributed by atoms with E-state index in [2.05, 4.69) is 50.4 Å². The summed E-state index contributed by atoms with van der Waals surface area (Å²) in [6, 6.07) is 18.4. The van der Waals surface area contributed by atoms with E-state index in [0.29, 0.717) is 5.95 Å². The van der Waals surface area contributed by atoms with Crippen molar-refractivity contribution in [3.05, 3.63) is 76.9 Å². The maximum atomic E-state index is 6.21. The van der Waals surface area contributed by atoms with Gasteiger partial charge in [0.1, 0.15) is 5.82 Å². The number of anilines is 3. The van der Waals surface area contributed by atoms with Crippen LogP contribution in [0.1, 0.15) is 11.1 Å². The van der Waals surface area contributed by atoms with Crippen molar-refractivity contribution in [1.29, 1.82) is 0 Å². The van der Waals surface area contributed by atoms with E-state index in [1.807, 2.05) is 31.2 Å². The van der Waals surface area contributed by atoms with Crippen LogP contribution in [0.5, 0.6) is 0 Å². The van der Waals surface area contributed by atoms with Crippen molar-refractivity contribution in [1.82, 2.24) is 14.9 Å². The Kier molecular flexibility index (Phi) is 5.74. The molecule has 6 heteroatoms. The topological polar surface area (TPSA) is 44.3 Å². The van der Waals surface area contributed by atoms with E-state index in [1.54, 1.807) is 6.20 Å². The highest BCUT2D eigenvalue weighted by molar-refractivity contribution is 6.31. The lowest BCUT2D eigenvalue weighted by atomic mass is 10.2. The first-order chi connectivity index (χ1) is 13.7. The molecule has 0 radical (unpaired) electrons. The second-order valence-electron chi connectivity index (χ2n) is 7.02. The molecule has 0 unspecified atom stereocenters. The minimum absolute atomic E-state index is 0.592. The fourth-order valence-corrected chi connectivity index (χ4v) is 3.60. The van der Waals surface area contributed by atoms with Crippen LogP contribution >= 0.6 is 11.6 Å². The summed E-state index contributed by atoms with van der Waals surface area (Å²) in [4.78, 5) is 13.9. The zero-order valence-corrected chi connectivity index (χ0v) is 16.7. The summed E-state index contributed by atoms with van der Waals surface area (Å²) in [7, 11) is 0. The third kappa shape index (κ3) is 4.43. The van der Waals surface area contributed by atoms with Crippen molar-refractivity contribution in [2.24, 2.45) is 0 Å². The summed E-state index contributed by atoms with van der Waals surface area (Å²) in [5.74, 6) is 1.55. The first kappa shape index (κ1) is 18.7. The molecule has 4 rings (SSSR count). The molecular weight excluding hydrogens is 370 g/mol. The molecule has 0 bridgehead atoms. The SMILES string of the molecule is Cc1c(Cl)cccc1Nc1nccc(N2CCN(Cc3ccccc3)CC2)n1. The first-order valence-corrected chi connectivity index (χ1v) is 9.93. The average molecular weight is 394 g/mol. The van der Waals surface area contributed by atoms with Crippen LogP contribution < -0.4 is 10.2 Å². The molecule has 0 aliphatic carbocycles. The van der Waals surface area contributed by atoms with E-state index in [-0.39, 0.29) is 0 Å². The van der Waals surface area contributed by atoms with Gasteiger partial charge in [0.15, 0.2) is 0 Å². The van der Waals surface area contributed by atoms with Gasteiger partial charge in [-0.05, 0) is 36.2 Å². The molecule has 0 amide bonds. The summed E-state index contributed by atoms with van der Waals surface area (Å²) in [6.07, 6.45) is 1.81. The van der Waals surface area contributed by atoms with Crippen molar-refractivity contribution in [2.45, 2.75) is 13.5 Å². The van der Waals surface area contributed by atoms with E-state index in [0.717, 1.165) is 54.8 Å². The number of rotatable bonds is 5. The van der Waals surface area contributed by atoms with Crippen molar-refractivity contribution >= 4 is 29.1 Å². The van der Waals surface area contributed by atoms with E-state index >= 15 is 0 Å². The first-order valence-electron chi connectivity index (χ1n) is 9.55. The van der Waals surface area contributed by atoms with Gasteiger partial charge >= 0.3 is 0 Å². The van der Waals surface area contributed by atoms with Crippen LogP contribution in [0, 0.1) is 6.92 Å². The Hall–Kier alpha value is -2.63. The van der Waals surface area contributed by atoms with E-state index < -0.39 is 0 Å². The highest BCUT2D eigenvalue weighted by Gasteiger charge is 2.18. The van der Waals surface area contributed by atoms with Crippen LogP contribution in [0.15, 0.2) is 60.8 Å². The number of halogens is 1. The highest BCUT2D eigenvalue weighted by Crippen LogP contribution is 2.25. The van der Waals surface area contributed by atoms with Crippen LogP contribution in [0.2, 0.25) is 5.02 Å². The second kappa shape index (κ2) is 8.59. The number of piperazine rings is 1. The predicted molar refractivity (Wildman–Crippen MR) is 115 cm³/mol. The molecule has 1 aromatic heterocycles. The number of hydrogen-bond donors (Lipinski definition) is 1. The third-order valence-electron chi connectivity index (χ3n) is 5.10. The average Bonchev–Trinajstić information content (AvgIpc) is 2.73. The second-order valence-corrected chi connectivity index (χ2v) is 7.43. The fourth-order valence-electron chi connectivity index (χ4n) is 3.43. The van der Waals surface area contributed by atoms with E-state index in [4.69, 9.17) is 16.6 Å². The lowest BCUT2D eigenvalue weighted by Gasteiger charge is -2.35. The van der Waals surface area contributed by atoms with Crippen LogP contribution in [0.4, 0.5) is 17.5 Å². The lowest BCUT2D eigenvalue weighted by molar-refractivity contribution is 0.249. The molecule has 1 saturated heterocycles. The Bertz CT molecular complexity index is 923. The molecule has 1 aliphatic rings. The Balaban J connectivity index is 1.39. The van der Waals surface area contributed by atoms with Gasteiger partial charge in [0.05, 0.1) is 0 Å². The van der Waals surface area contributed by atoms with Gasteiger partial charge in [-0.2, -0.15) is 4.98 Å². The summed E-state index contributed by atoms with van der Waals surface area (Å²) >= 11 is 6.21. The molecule has 28 heavy (non-hydrogen) atoms. The molecule has 0 spiro atoms. The minimum Gasteiger partial charge on any atom is -0.354 e. The molecule has 1 aliphatic heterocycles. The molecule has 2 heterocycles. The van der Waals surface area contributed by atoms with E-state index in [9.17, 15) is 0 Å². The number of nitrogens with zero attached hydrogens (tertiary/aromatic N) is 4. The zero-order chi connectivity index (χ0) is 19.3. The standard InChI is InChI=1S/C22H24ClN5/c1-17-19(23)8-5-9-20(17)25-22-24-11-10-21(26-22)28-14-12-27(13-15-28)16-18-6-3-2-4-7-18/h2-11H,12-16H2,1H3,(H,24,25,26). The fraction of sp³-hybridized carbons (Fsp3) is 0.273. The number of nitrogens with one attached hydrogen (secondary N) is 1. The van der Waals surface area contributed by atoms with Crippen molar-refractivity contribution < 1.29 is 0 Å². The Labute approximate surface area is 171 Å². The molecule has 5 nitrogen and oxygen atoms in total. The van der Waals surface area contributed by atoms with Gasteiger partial charge < -0.3 is 10.2 Å². The Morgan fingerprint density at radius 3 is 2.54 bits per heavy atom. The van der Waals surface area contributed by atoms with Gasteiger partial charge in [0, 0.05) is 49.6 Å². The summed E-state index contributed by atoms with van der Waals surface area (Å²) in [5.41, 5.74) is 3.28. The molecule has 0 saturated carbocycles. The molecular formula is C22H24ClN5. The van der Waals surface area contributed by atoms with Gasteiger partial charge in [0.2, 0.25) is 5.95 Å². The number of benzene rings is 2. The van der Waals surface area contributed by atoms with Gasteiger partial charge in [-0.15, -0.1) is 0 Å². The maximum absolute atomic E-state index is 6.21. The maximum Gasteiger partial charge on any atom is 0.229 e. The molecule has 2 aromatic carbocycles. The normalized spacial score (nSPS) is 14.9. The van der Waals surface area contributed by atoms with Gasteiger partial charge in [-0.3, -0.25) is 4.90 Å². The summed E-state index contributed by atoms with van der Waals surface area (Å²) in [5, 5.41) is 4.02. The molecule has 0 atom stereocenters. The van der Waals surface area contributed by atoms with Crippen molar-refractivity contribution in [2.75, 3.05) is 36.4 Å². The van der Waals surface area contributed by atoms with Crippen molar-refractivity contribution in [3.63, 3.8) is 0 Å². The molecule has 1 fully saturated rings. The quantitative estimate of drug-likeness (QED) is 0.691. The minimum atomic E-state index is 0.592. The largest absolute Gasteiger partial charge is 0.354 e. The Morgan fingerprint density at radius 2 is 1.75 bits per heavy atom. The lowest BCUT2D eigenvalue weighted by Crippen LogP contribution is -2.46. The number of hydrogen-bond acceptors (Lipinski definition) is 5. The predicted octanol–water partition coefficient (Wildman–Crippen LogP) is 4.50. The molecule has 144 valence electrons. The van der Waals surface area contributed by atoms with Gasteiger partial charge in [-0.25, -0.2) is 4.98 Å². The van der Waals surface area contributed by atoms with Gasteiger partial charge in [-0.1, -0.05) is 48.0 Å². The van der Waals surface area contributed by atoms with Crippen LogP contribution in [0.3, 0.4) is 0 Å². The Morgan fingerprint density at radius 1 is 0.964 bits per heavy atom. The van der Waals surface area contributed by atoms with Crippen LogP contribution in [-0.2, 0) is 6.54 Å². The highest BCUT2D eigenvalue weighted by atomic mass is 35.5. The third-order valence-corrected chi connectivity index (χ3v) is 5.51. The summed E-state index contributed by atoms with van der Waals surface area (Å²) in [6.45, 7) is 6.95. The molecule has 3 aromatic rings. The van der Waals surface area contributed by atoms with Crippen LogP contribution in [0.25, 0.3) is 0 Å².